The lowest BCUT2D eigenvalue weighted by molar-refractivity contribution is 0.0598. The summed E-state index contributed by atoms with van der Waals surface area (Å²) in [5.74, 6) is -0.321. The zero-order valence-corrected chi connectivity index (χ0v) is 9.83. The van der Waals surface area contributed by atoms with Crippen molar-refractivity contribution in [2.45, 2.75) is 26.7 Å². The van der Waals surface area contributed by atoms with Crippen molar-refractivity contribution < 1.29 is 9.53 Å². The molecule has 1 rings (SSSR count). The number of nitrogens with zero attached hydrogens (tertiary/aromatic N) is 1. The molecule has 0 saturated heterocycles. The van der Waals surface area contributed by atoms with Crippen molar-refractivity contribution in [3.05, 3.63) is 34.4 Å². The summed E-state index contributed by atoms with van der Waals surface area (Å²) in [6.07, 6.45) is 1.43. The quantitative estimate of drug-likeness (QED) is 0.731. The third-order valence-electron chi connectivity index (χ3n) is 2.58. The third kappa shape index (κ3) is 2.22. The van der Waals surface area contributed by atoms with Crippen molar-refractivity contribution in [1.29, 1.82) is 5.26 Å². The van der Waals surface area contributed by atoms with Gasteiger partial charge in [0, 0.05) is 0 Å². The highest BCUT2D eigenvalue weighted by Crippen LogP contribution is 2.20. The maximum atomic E-state index is 11.7. The number of ether oxygens (including phenoxy) is 1. The molecule has 3 nitrogen and oxygen atoms in total. The van der Waals surface area contributed by atoms with E-state index in [-0.39, 0.29) is 5.97 Å². The maximum Gasteiger partial charge on any atom is 0.338 e. The molecule has 0 aromatic heterocycles. The molecule has 0 heterocycles. The second kappa shape index (κ2) is 5.32. The fourth-order valence-corrected chi connectivity index (χ4v) is 1.75. The Balaban J connectivity index is 3.44. The molecule has 1 aromatic rings. The molecule has 0 amide bonds. The highest BCUT2D eigenvalue weighted by molar-refractivity contribution is 5.93. The van der Waals surface area contributed by atoms with E-state index in [1.165, 1.54) is 7.11 Å². The van der Waals surface area contributed by atoms with Crippen molar-refractivity contribution in [2.24, 2.45) is 0 Å². The molecule has 84 valence electrons. The molecule has 0 saturated carbocycles. The molecule has 0 N–H and O–H groups in total. The fourth-order valence-electron chi connectivity index (χ4n) is 1.75. The van der Waals surface area contributed by atoms with E-state index in [2.05, 4.69) is 6.07 Å². The highest BCUT2D eigenvalue weighted by atomic mass is 16.5. The predicted molar refractivity (Wildman–Crippen MR) is 61.3 cm³/mol. The number of nitriles is 1. The zero-order valence-electron chi connectivity index (χ0n) is 9.83. The number of benzene rings is 1. The fraction of sp³-hybridized carbons (Fsp3) is 0.385. The number of methoxy groups -OCH3 is 1. The largest absolute Gasteiger partial charge is 0.465 e. The van der Waals surface area contributed by atoms with Crippen molar-refractivity contribution in [3.8, 4) is 6.07 Å². The predicted octanol–water partition coefficient (Wildman–Crippen LogP) is 2.47. The SMILES string of the molecule is CCc1cc(C#N)cc(CC)c1C(=O)OC. The van der Waals surface area contributed by atoms with Crippen LogP contribution in [0.2, 0.25) is 0 Å². The Hall–Kier alpha value is -1.82. The van der Waals surface area contributed by atoms with Gasteiger partial charge in [-0.15, -0.1) is 0 Å². The van der Waals surface area contributed by atoms with E-state index >= 15 is 0 Å². The smallest absolute Gasteiger partial charge is 0.338 e. The van der Waals surface area contributed by atoms with Crippen LogP contribution in [-0.2, 0) is 17.6 Å². The Morgan fingerprint density at radius 2 is 1.81 bits per heavy atom. The Labute approximate surface area is 95.7 Å². The number of carbonyl (C=O) groups is 1. The Morgan fingerprint density at radius 3 is 2.12 bits per heavy atom. The average molecular weight is 217 g/mol. The van der Waals surface area contributed by atoms with Gasteiger partial charge in [0.25, 0.3) is 0 Å². The first-order valence-corrected chi connectivity index (χ1v) is 5.32. The molecule has 0 unspecified atom stereocenters. The van der Waals surface area contributed by atoms with Gasteiger partial charge in [-0.05, 0) is 36.1 Å². The summed E-state index contributed by atoms with van der Waals surface area (Å²) in [4.78, 5) is 11.7. The van der Waals surface area contributed by atoms with Crippen molar-refractivity contribution >= 4 is 5.97 Å². The van der Waals surface area contributed by atoms with Crippen LogP contribution < -0.4 is 0 Å². The van der Waals surface area contributed by atoms with Crippen LogP contribution in [0.25, 0.3) is 0 Å². The Morgan fingerprint density at radius 1 is 1.31 bits per heavy atom. The van der Waals surface area contributed by atoms with E-state index in [0.29, 0.717) is 24.0 Å². The van der Waals surface area contributed by atoms with Gasteiger partial charge >= 0.3 is 5.97 Å². The average Bonchev–Trinajstić information content (AvgIpc) is 2.35. The molecule has 0 radical (unpaired) electrons. The molecule has 0 aliphatic carbocycles. The minimum Gasteiger partial charge on any atom is -0.465 e. The molecular formula is C13H15NO2. The van der Waals surface area contributed by atoms with Crippen LogP contribution in [0.15, 0.2) is 12.1 Å². The van der Waals surface area contributed by atoms with E-state index < -0.39 is 0 Å². The van der Waals surface area contributed by atoms with Crippen molar-refractivity contribution in [3.63, 3.8) is 0 Å². The minimum atomic E-state index is -0.321. The van der Waals surface area contributed by atoms with E-state index in [0.717, 1.165) is 11.1 Å². The molecule has 0 atom stereocenters. The van der Waals surface area contributed by atoms with Gasteiger partial charge in [-0.3, -0.25) is 0 Å². The number of aryl methyl sites for hydroxylation is 2. The van der Waals surface area contributed by atoms with E-state index in [1.54, 1.807) is 12.1 Å². The van der Waals surface area contributed by atoms with Crippen LogP contribution >= 0.6 is 0 Å². The molecule has 0 bridgehead atoms. The topological polar surface area (TPSA) is 50.1 Å². The molecule has 0 aliphatic rings. The van der Waals surface area contributed by atoms with E-state index in [1.807, 2.05) is 13.8 Å². The first-order chi connectivity index (χ1) is 7.67. The first kappa shape index (κ1) is 12.3. The third-order valence-corrected chi connectivity index (χ3v) is 2.58. The summed E-state index contributed by atoms with van der Waals surface area (Å²) in [6, 6.07) is 5.62. The second-order valence-corrected chi connectivity index (χ2v) is 3.48. The van der Waals surface area contributed by atoms with Crippen LogP contribution in [0.4, 0.5) is 0 Å². The molecule has 0 fully saturated rings. The number of hydrogen-bond acceptors (Lipinski definition) is 3. The monoisotopic (exact) mass is 217 g/mol. The normalized spacial score (nSPS) is 9.62. The Kier molecular flexibility index (Phi) is 4.07. The summed E-state index contributed by atoms with van der Waals surface area (Å²) < 4.78 is 4.77. The van der Waals surface area contributed by atoms with E-state index in [4.69, 9.17) is 10.00 Å². The maximum absolute atomic E-state index is 11.7. The lowest BCUT2D eigenvalue weighted by Crippen LogP contribution is -2.10. The minimum absolute atomic E-state index is 0.321. The van der Waals surface area contributed by atoms with Crippen LogP contribution in [0, 0.1) is 11.3 Å². The van der Waals surface area contributed by atoms with Gasteiger partial charge in [-0.1, -0.05) is 13.8 Å². The van der Waals surface area contributed by atoms with Crippen LogP contribution in [0.3, 0.4) is 0 Å². The summed E-state index contributed by atoms with van der Waals surface area (Å²) in [5.41, 5.74) is 2.97. The number of esters is 1. The number of hydrogen-bond donors (Lipinski definition) is 0. The molecule has 1 aromatic carbocycles. The molecule has 0 spiro atoms. The van der Waals surface area contributed by atoms with Gasteiger partial charge in [-0.2, -0.15) is 5.26 Å². The second-order valence-electron chi connectivity index (χ2n) is 3.48. The zero-order chi connectivity index (χ0) is 12.1. The molecular weight excluding hydrogens is 202 g/mol. The van der Waals surface area contributed by atoms with Gasteiger partial charge in [0.1, 0.15) is 0 Å². The Bertz CT molecular complexity index is 419. The van der Waals surface area contributed by atoms with Crippen LogP contribution in [0.1, 0.15) is 40.9 Å². The number of rotatable bonds is 3. The van der Waals surface area contributed by atoms with Crippen molar-refractivity contribution in [2.75, 3.05) is 7.11 Å². The molecule has 16 heavy (non-hydrogen) atoms. The molecule has 3 heteroatoms. The van der Waals surface area contributed by atoms with Gasteiger partial charge < -0.3 is 4.74 Å². The summed E-state index contributed by atoms with van der Waals surface area (Å²) >= 11 is 0. The van der Waals surface area contributed by atoms with Crippen LogP contribution in [0.5, 0.6) is 0 Å². The van der Waals surface area contributed by atoms with Gasteiger partial charge in [0.05, 0.1) is 24.3 Å². The summed E-state index contributed by atoms with van der Waals surface area (Å²) in [6.45, 7) is 3.92. The lowest BCUT2D eigenvalue weighted by atomic mass is 9.95. The first-order valence-electron chi connectivity index (χ1n) is 5.32. The highest BCUT2D eigenvalue weighted by Gasteiger charge is 2.16. The summed E-state index contributed by atoms with van der Waals surface area (Å²) in [5, 5.41) is 8.90. The standard InChI is InChI=1S/C13H15NO2/c1-4-10-6-9(8-14)7-11(5-2)12(10)13(15)16-3/h6-7H,4-5H2,1-3H3. The summed E-state index contributed by atoms with van der Waals surface area (Å²) in [7, 11) is 1.37. The lowest BCUT2D eigenvalue weighted by Gasteiger charge is -2.11. The van der Waals surface area contributed by atoms with Gasteiger partial charge in [0.2, 0.25) is 0 Å². The van der Waals surface area contributed by atoms with Gasteiger partial charge in [0.15, 0.2) is 0 Å². The van der Waals surface area contributed by atoms with E-state index in [9.17, 15) is 4.79 Å². The number of carbonyl (C=O) groups excluding carboxylic acids is 1. The van der Waals surface area contributed by atoms with Crippen molar-refractivity contribution in [1.82, 2.24) is 0 Å². The molecule has 0 aliphatic heterocycles. The van der Waals surface area contributed by atoms with Crippen LogP contribution in [-0.4, -0.2) is 13.1 Å². The van der Waals surface area contributed by atoms with Gasteiger partial charge in [-0.25, -0.2) is 4.79 Å².